The molecule has 1 rings (SSSR count). The van der Waals surface area contributed by atoms with Gasteiger partial charge in [-0.3, -0.25) is 15.1 Å². The van der Waals surface area contributed by atoms with E-state index in [0.29, 0.717) is 6.54 Å². The molecule has 17 heavy (non-hydrogen) atoms. The molecule has 0 radical (unpaired) electrons. The zero-order valence-electron chi connectivity index (χ0n) is 9.86. The molecular formula is C11H16N4O2. The average molecular weight is 236 g/mol. The highest BCUT2D eigenvalue weighted by molar-refractivity contribution is 5.96. The quantitative estimate of drug-likeness (QED) is 0.688. The molecule has 3 N–H and O–H groups in total. The fourth-order valence-electron chi connectivity index (χ4n) is 1.14. The number of nitrogens with one attached hydrogen (secondary N) is 3. The van der Waals surface area contributed by atoms with Gasteiger partial charge in [0.15, 0.2) is 0 Å². The molecule has 0 fully saturated rings. The molecule has 6 heteroatoms. The van der Waals surface area contributed by atoms with Crippen LogP contribution in [0, 0.1) is 0 Å². The van der Waals surface area contributed by atoms with Crippen molar-refractivity contribution in [3.63, 3.8) is 0 Å². The summed E-state index contributed by atoms with van der Waals surface area (Å²) >= 11 is 0. The second kappa shape index (κ2) is 6.59. The van der Waals surface area contributed by atoms with E-state index in [0.717, 1.165) is 5.69 Å². The third kappa shape index (κ3) is 4.60. The first-order valence-electron chi connectivity index (χ1n) is 5.29. The van der Waals surface area contributed by atoms with E-state index in [9.17, 15) is 9.59 Å². The smallest absolute Gasteiger partial charge is 0.321 e. The average Bonchev–Trinajstić information content (AvgIpc) is 2.36. The zero-order chi connectivity index (χ0) is 12.7. The first kappa shape index (κ1) is 13.1. The SMILES string of the molecule is CNC(=O)NC(=O)C(C)NCc1ccccn1. The first-order chi connectivity index (χ1) is 8.13. The number of pyridine rings is 1. The van der Waals surface area contributed by atoms with E-state index in [2.05, 4.69) is 20.9 Å². The Bertz CT molecular complexity index is 380. The molecule has 0 bridgehead atoms. The first-order valence-corrected chi connectivity index (χ1v) is 5.29. The lowest BCUT2D eigenvalue weighted by molar-refractivity contribution is -0.121. The second-order valence-electron chi connectivity index (χ2n) is 3.49. The Hall–Kier alpha value is -1.95. The number of urea groups is 1. The summed E-state index contributed by atoms with van der Waals surface area (Å²) < 4.78 is 0. The Morgan fingerprint density at radius 1 is 1.41 bits per heavy atom. The maximum atomic E-state index is 11.5. The van der Waals surface area contributed by atoms with Crippen molar-refractivity contribution in [3.05, 3.63) is 30.1 Å². The maximum absolute atomic E-state index is 11.5. The molecule has 0 spiro atoms. The fourth-order valence-corrected chi connectivity index (χ4v) is 1.14. The van der Waals surface area contributed by atoms with Crippen LogP contribution in [0.1, 0.15) is 12.6 Å². The third-order valence-corrected chi connectivity index (χ3v) is 2.17. The van der Waals surface area contributed by atoms with Crippen molar-refractivity contribution < 1.29 is 9.59 Å². The number of aromatic nitrogens is 1. The van der Waals surface area contributed by atoms with Crippen LogP contribution in [0.5, 0.6) is 0 Å². The van der Waals surface area contributed by atoms with Gasteiger partial charge in [-0.1, -0.05) is 6.07 Å². The summed E-state index contributed by atoms with van der Waals surface area (Å²) in [5, 5.41) is 7.48. The number of rotatable bonds is 4. The summed E-state index contributed by atoms with van der Waals surface area (Å²) in [6.45, 7) is 2.16. The summed E-state index contributed by atoms with van der Waals surface area (Å²) in [6, 6.07) is 4.58. The molecule has 1 heterocycles. The van der Waals surface area contributed by atoms with Crippen LogP contribution in [0.2, 0.25) is 0 Å². The van der Waals surface area contributed by atoms with Crippen molar-refractivity contribution in [1.82, 2.24) is 20.9 Å². The highest BCUT2D eigenvalue weighted by Crippen LogP contribution is 1.93. The molecule has 0 saturated heterocycles. The predicted molar refractivity (Wildman–Crippen MR) is 63.1 cm³/mol. The molecule has 1 aromatic heterocycles. The van der Waals surface area contributed by atoms with Crippen LogP contribution in [0.3, 0.4) is 0 Å². The number of nitrogens with zero attached hydrogens (tertiary/aromatic N) is 1. The molecule has 1 unspecified atom stereocenters. The van der Waals surface area contributed by atoms with Gasteiger partial charge < -0.3 is 10.6 Å². The minimum atomic E-state index is -0.513. The molecule has 1 aromatic rings. The lowest BCUT2D eigenvalue weighted by Crippen LogP contribution is -2.47. The summed E-state index contributed by atoms with van der Waals surface area (Å²) in [7, 11) is 1.45. The van der Waals surface area contributed by atoms with Gasteiger partial charge in [0, 0.05) is 19.8 Å². The van der Waals surface area contributed by atoms with E-state index < -0.39 is 12.1 Å². The summed E-state index contributed by atoms with van der Waals surface area (Å²) in [5.74, 6) is -0.375. The minimum Gasteiger partial charge on any atom is -0.341 e. The van der Waals surface area contributed by atoms with E-state index in [1.807, 2.05) is 18.2 Å². The van der Waals surface area contributed by atoms with Crippen LogP contribution in [-0.4, -0.2) is 30.0 Å². The van der Waals surface area contributed by atoms with Crippen LogP contribution < -0.4 is 16.0 Å². The number of carbonyl (C=O) groups is 2. The molecule has 0 aliphatic rings. The van der Waals surface area contributed by atoms with Crippen LogP contribution >= 0.6 is 0 Å². The van der Waals surface area contributed by atoms with Gasteiger partial charge in [0.05, 0.1) is 11.7 Å². The molecule has 0 aromatic carbocycles. The molecule has 0 aliphatic heterocycles. The Morgan fingerprint density at radius 2 is 2.18 bits per heavy atom. The highest BCUT2D eigenvalue weighted by Gasteiger charge is 2.14. The fraction of sp³-hybridized carbons (Fsp3) is 0.364. The van der Waals surface area contributed by atoms with E-state index in [1.165, 1.54) is 7.05 Å². The van der Waals surface area contributed by atoms with Gasteiger partial charge in [0.2, 0.25) is 5.91 Å². The number of imide groups is 1. The van der Waals surface area contributed by atoms with E-state index in [1.54, 1.807) is 13.1 Å². The van der Waals surface area contributed by atoms with E-state index in [-0.39, 0.29) is 5.91 Å². The maximum Gasteiger partial charge on any atom is 0.321 e. The lowest BCUT2D eigenvalue weighted by atomic mass is 10.3. The standard InChI is InChI=1S/C11H16N4O2/c1-8(10(16)15-11(17)12-2)14-7-9-5-3-4-6-13-9/h3-6,8,14H,7H2,1-2H3,(H2,12,15,16,17). The Labute approximate surface area is 99.8 Å². The lowest BCUT2D eigenvalue weighted by Gasteiger charge is -2.12. The van der Waals surface area contributed by atoms with Gasteiger partial charge in [-0.25, -0.2) is 4.79 Å². The highest BCUT2D eigenvalue weighted by atomic mass is 16.2. The summed E-state index contributed by atoms with van der Waals surface area (Å²) in [6.07, 6.45) is 1.69. The van der Waals surface area contributed by atoms with Crippen molar-refractivity contribution in [2.24, 2.45) is 0 Å². The van der Waals surface area contributed by atoms with Crippen molar-refractivity contribution >= 4 is 11.9 Å². The van der Waals surface area contributed by atoms with Crippen LogP contribution in [0.4, 0.5) is 4.79 Å². The zero-order valence-corrected chi connectivity index (χ0v) is 9.86. The van der Waals surface area contributed by atoms with E-state index in [4.69, 9.17) is 0 Å². The largest absolute Gasteiger partial charge is 0.341 e. The van der Waals surface area contributed by atoms with Gasteiger partial charge in [0.1, 0.15) is 0 Å². The van der Waals surface area contributed by atoms with Crippen LogP contribution in [0.15, 0.2) is 24.4 Å². The Kier molecular flexibility index (Phi) is 5.09. The van der Waals surface area contributed by atoms with Crippen LogP contribution in [0.25, 0.3) is 0 Å². The molecule has 1 atom stereocenters. The van der Waals surface area contributed by atoms with E-state index >= 15 is 0 Å². The van der Waals surface area contributed by atoms with Crippen molar-refractivity contribution in [3.8, 4) is 0 Å². The third-order valence-electron chi connectivity index (χ3n) is 2.17. The van der Waals surface area contributed by atoms with Crippen molar-refractivity contribution in [2.75, 3.05) is 7.05 Å². The second-order valence-corrected chi connectivity index (χ2v) is 3.49. The summed E-state index contributed by atoms with van der Waals surface area (Å²) in [5.41, 5.74) is 0.840. The molecule has 0 aliphatic carbocycles. The van der Waals surface area contributed by atoms with Crippen molar-refractivity contribution in [1.29, 1.82) is 0 Å². The van der Waals surface area contributed by atoms with Crippen LogP contribution in [-0.2, 0) is 11.3 Å². The number of amides is 3. The van der Waals surface area contributed by atoms with Crippen molar-refractivity contribution in [2.45, 2.75) is 19.5 Å². The minimum absolute atomic E-state index is 0.375. The Morgan fingerprint density at radius 3 is 2.76 bits per heavy atom. The number of hydrogen-bond acceptors (Lipinski definition) is 4. The van der Waals surface area contributed by atoms with Gasteiger partial charge in [-0.05, 0) is 19.1 Å². The van der Waals surface area contributed by atoms with Gasteiger partial charge in [0.25, 0.3) is 0 Å². The van der Waals surface area contributed by atoms with Gasteiger partial charge >= 0.3 is 6.03 Å². The normalized spacial score (nSPS) is 11.6. The molecular weight excluding hydrogens is 220 g/mol. The molecule has 92 valence electrons. The monoisotopic (exact) mass is 236 g/mol. The number of carbonyl (C=O) groups excluding carboxylic acids is 2. The van der Waals surface area contributed by atoms with Gasteiger partial charge in [-0.2, -0.15) is 0 Å². The molecule has 0 saturated carbocycles. The predicted octanol–water partition coefficient (Wildman–Crippen LogP) is 0.0153. The molecule has 6 nitrogen and oxygen atoms in total. The summed E-state index contributed by atoms with van der Waals surface area (Å²) in [4.78, 5) is 26.5. The van der Waals surface area contributed by atoms with Gasteiger partial charge in [-0.15, -0.1) is 0 Å². The number of hydrogen-bond donors (Lipinski definition) is 3. The molecule has 3 amide bonds. The Balaban J connectivity index is 2.37. The topological polar surface area (TPSA) is 83.1 Å².